The molecule has 0 saturated heterocycles. The largest absolute Gasteiger partial charge is 0.493 e. The number of rotatable bonds is 8. The van der Waals surface area contributed by atoms with Crippen LogP contribution in [0.15, 0.2) is 42.5 Å². The number of para-hydroxylation sites is 2. The van der Waals surface area contributed by atoms with Gasteiger partial charge < -0.3 is 24.8 Å². The molecule has 154 valence electrons. The highest BCUT2D eigenvalue weighted by atomic mass is 19.3. The number of hydrogen-bond donors (Lipinski definition) is 2. The summed E-state index contributed by atoms with van der Waals surface area (Å²) in [6, 6.07) is 11.6. The van der Waals surface area contributed by atoms with Crippen LogP contribution in [0.2, 0.25) is 0 Å². The molecule has 2 aromatic rings. The van der Waals surface area contributed by atoms with Crippen LogP contribution in [0.5, 0.6) is 17.2 Å². The number of anilines is 1. The molecule has 0 fully saturated rings. The fraction of sp³-hybridized carbons (Fsp3) is 0.300. The number of alkyl halides is 2. The second kappa shape index (κ2) is 9.22. The van der Waals surface area contributed by atoms with Crippen LogP contribution in [0.4, 0.5) is 14.5 Å². The van der Waals surface area contributed by atoms with Gasteiger partial charge in [0.15, 0.2) is 17.6 Å². The van der Waals surface area contributed by atoms with E-state index in [9.17, 15) is 18.4 Å². The lowest BCUT2D eigenvalue weighted by Gasteiger charge is -2.25. The number of carbonyl (C=O) groups excluding carboxylic acids is 2. The molecule has 7 nitrogen and oxygen atoms in total. The molecule has 2 amide bonds. The first-order chi connectivity index (χ1) is 14.0. The van der Waals surface area contributed by atoms with E-state index in [4.69, 9.17) is 9.47 Å². The summed E-state index contributed by atoms with van der Waals surface area (Å²) in [5.41, 5.74) is 1.34. The van der Waals surface area contributed by atoms with E-state index >= 15 is 0 Å². The zero-order valence-electron chi connectivity index (χ0n) is 15.6. The zero-order valence-corrected chi connectivity index (χ0v) is 15.6. The number of amides is 2. The first-order valence-corrected chi connectivity index (χ1v) is 8.91. The van der Waals surface area contributed by atoms with Gasteiger partial charge in [-0.25, -0.2) is 0 Å². The molecule has 2 N–H and O–H groups in total. The predicted molar refractivity (Wildman–Crippen MR) is 100 cm³/mol. The zero-order chi connectivity index (χ0) is 20.8. The number of hydrogen-bond acceptors (Lipinski definition) is 5. The molecule has 0 aromatic heterocycles. The van der Waals surface area contributed by atoms with Crippen LogP contribution >= 0.6 is 0 Å². The summed E-state index contributed by atoms with van der Waals surface area (Å²) in [5.74, 6) is -0.0773. The van der Waals surface area contributed by atoms with Gasteiger partial charge in [0.05, 0.1) is 19.2 Å². The molecule has 1 heterocycles. The Labute approximate surface area is 165 Å². The van der Waals surface area contributed by atoms with Gasteiger partial charge in [-0.15, -0.1) is 0 Å². The fourth-order valence-corrected chi connectivity index (χ4v) is 2.87. The maximum atomic E-state index is 12.4. The Morgan fingerprint density at radius 3 is 2.79 bits per heavy atom. The van der Waals surface area contributed by atoms with Gasteiger partial charge in [0, 0.05) is 6.54 Å². The summed E-state index contributed by atoms with van der Waals surface area (Å²) >= 11 is 0. The Bertz CT molecular complexity index is 891. The molecule has 0 bridgehead atoms. The molecule has 0 radical (unpaired) electrons. The number of nitrogens with one attached hydrogen (secondary N) is 2. The van der Waals surface area contributed by atoms with E-state index in [1.807, 2.05) is 0 Å². The van der Waals surface area contributed by atoms with Gasteiger partial charge in [-0.05, 0) is 36.2 Å². The molecule has 1 aliphatic heterocycles. The SMILES string of the molecule is COc1cc(CCNC(=O)C[C@@H]2Oc3ccccc3NC2=O)ccc1OC(F)F. The van der Waals surface area contributed by atoms with Gasteiger partial charge in [-0.3, -0.25) is 9.59 Å². The molecule has 1 aliphatic rings. The van der Waals surface area contributed by atoms with Crippen LogP contribution in [-0.2, 0) is 16.0 Å². The Balaban J connectivity index is 1.49. The predicted octanol–water partition coefficient (Wildman–Crippen LogP) is 2.75. The van der Waals surface area contributed by atoms with Crippen molar-refractivity contribution in [1.82, 2.24) is 5.32 Å². The monoisotopic (exact) mass is 406 g/mol. The lowest BCUT2D eigenvalue weighted by Crippen LogP contribution is -2.41. The Hall–Kier alpha value is -3.36. The van der Waals surface area contributed by atoms with Crippen molar-refractivity contribution in [3.05, 3.63) is 48.0 Å². The quantitative estimate of drug-likeness (QED) is 0.704. The normalized spacial score (nSPS) is 15.2. The van der Waals surface area contributed by atoms with Crippen LogP contribution in [0.25, 0.3) is 0 Å². The summed E-state index contributed by atoms with van der Waals surface area (Å²) in [4.78, 5) is 24.2. The van der Waals surface area contributed by atoms with E-state index < -0.39 is 12.7 Å². The van der Waals surface area contributed by atoms with Gasteiger partial charge in [-0.2, -0.15) is 8.78 Å². The average molecular weight is 406 g/mol. The molecule has 29 heavy (non-hydrogen) atoms. The van der Waals surface area contributed by atoms with E-state index in [-0.39, 0.29) is 29.7 Å². The molecule has 1 atom stereocenters. The molecule has 0 unspecified atom stereocenters. The van der Waals surface area contributed by atoms with Crippen LogP contribution in [-0.4, -0.2) is 38.2 Å². The lowest BCUT2D eigenvalue weighted by atomic mass is 10.1. The van der Waals surface area contributed by atoms with E-state index in [0.717, 1.165) is 5.56 Å². The molecule has 3 rings (SSSR count). The molecular formula is C20H20F2N2O5. The number of methoxy groups -OCH3 is 1. The third-order valence-electron chi connectivity index (χ3n) is 4.26. The Morgan fingerprint density at radius 1 is 1.24 bits per heavy atom. The summed E-state index contributed by atoms with van der Waals surface area (Å²) < 4.78 is 39.7. The molecular weight excluding hydrogens is 386 g/mol. The van der Waals surface area contributed by atoms with Gasteiger partial charge in [-0.1, -0.05) is 18.2 Å². The molecule has 9 heteroatoms. The molecule has 2 aromatic carbocycles. The fourth-order valence-electron chi connectivity index (χ4n) is 2.87. The molecule has 0 aliphatic carbocycles. The maximum Gasteiger partial charge on any atom is 0.387 e. The van der Waals surface area contributed by atoms with Crippen molar-refractivity contribution in [3.8, 4) is 17.2 Å². The summed E-state index contributed by atoms with van der Waals surface area (Å²) in [6.07, 6.45) is -0.585. The van der Waals surface area contributed by atoms with Crippen molar-refractivity contribution >= 4 is 17.5 Å². The van der Waals surface area contributed by atoms with Crippen molar-refractivity contribution in [2.75, 3.05) is 19.0 Å². The van der Waals surface area contributed by atoms with Crippen LogP contribution in [0, 0.1) is 0 Å². The van der Waals surface area contributed by atoms with Crippen molar-refractivity contribution in [1.29, 1.82) is 0 Å². The van der Waals surface area contributed by atoms with Gasteiger partial charge in [0.2, 0.25) is 5.91 Å². The summed E-state index contributed by atoms with van der Waals surface area (Å²) in [5, 5.41) is 5.42. The van der Waals surface area contributed by atoms with E-state index in [0.29, 0.717) is 24.4 Å². The Kier molecular flexibility index (Phi) is 6.48. The third-order valence-corrected chi connectivity index (χ3v) is 4.26. The minimum Gasteiger partial charge on any atom is -0.493 e. The Morgan fingerprint density at radius 2 is 2.03 bits per heavy atom. The summed E-state index contributed by atoms with van der Waals surface area (Å²) in [7, 11) is 1.35. The second-order valence-electron chi connectivity index (χ2n) is 6.26. The van der Waals surface area contributed by atoms with E-state index in [1.54, 1.807) is 36.4 Å². The number of fused-ring (bicyclic) bond motifs is 1. The van der Waals surface area contributed by atoms with Crippen LogP contribution in [0.3, 0.4) is 0 Å². The standard InChI is InChI=1S/C20H20F2N2O5/c1-27-16-10-12(6-7-15(16)29-20(21)22)8-9-23-18(25)11-17-19(26)24-13-4-2-3-5-14(13)28-17/h2-7,10,17,20H,8-9,11H2,1H3,(H,23,25)(H,24,26)/t17-/m0/s1. The highest BCUT2D eigenvalue weighted by molar-refractivity contribution is 5.99. The van der Waals surface area contributed by atoms with E-state index in [1.165, 1.54) is 13.2 Å². The topological polar surface area (TPSA) is 85.9 Å². The van der Waals surface area contributed by atoms with Crippen molar-refractivity contribution in [2.45, 2.75) is 25.6 Å². The van der Waals surface area contributed by atoms with Gasteiger partial charge >= 0.3 is 6.61 Å². The number of ether oxygens (including phenoxy) is 3. The number of carbonyl (C=O) groups is 2. The minimum absolute atomic E-state index is 0.0592. The molecule has 0 spiro atoms. The highest BCUT2D eigenvalue weighted by Crippen LogP contribution is 2.30. The number of benzene rings is 2. The lowest BCUT2D eigenvalue weighted by molar-refractivity contribution is -0.130. The smallest absolute Gasteiger partial charge is 0.387 e. The first-order valence-electron chi connectivity index (χ1n) is 8.91. The maximum absolute atomic E-state index is 12.4. The van der Waals surface area contributed by atoms with Crippen LogP contribution < -0.4 is 24.8 Å². The van der Waals surface area contributed by atoms with Crippen molar-refractivity contribution < 1.29 is 32.6 Å². The van der Waals surface area contributed by atoms with Crippen molar-refractivity contribution in [2.24, 2.45) is 0 Å². The van der Waals surface area contributed by atoms with Gasteiger partial charge in [0.1, 0.15) is 5.75 Å². The van der Waals surface area contributed by atoms with Crippen LogP contribution in [0.1, 0.15) is 12.0 Å². The molecule has 0 saturated carbocycles. The third kappa shape index (κ3) is 5.34. The second-order valence-corrected chi connectivity index (χ2v) is 6.26. The average Bonchev–Trinajstić information content (AvgIpc) is 2.69. The van der Waals surface area contributed by atoms with E-state index in [2.05, 4.69) is 15.4 Å². The highest BCUT2D eigenvalue weighted by Gasteiger charge is 2.29. The first kappa shape index (κ1) is 20.4. The number of halogens is 2. The van der Waals surface area contributed by atoms with Crippen molar-refractivity contribution in [3.63, 3.8) is 0 Å². The summed E-state index contributed by atoms with van der Waals surface area (Å²) in [6.45, 7) is -2.65. The minimum atomic E-state index is -2.94. The van der Waals surface area contributed by atoms with Gasteiger partial charge in [0.25, 0.3) is 5.91 Å².